The molecule has 0 radical (unpaired) electrons. The highest BCUT2D eigenvalue weighted by atomic mass is 35.5. The van der Waals surface area contributed by atoms with Gasteiger partial charge in [-0.15, -0.1) is 0 Å². The third-order valence-electron chi connectivity index (χ3n) is 3.02. The monoisotopic (exact) mass is 380 g/mol. The summed E-state index contributed by atoms with van der Waals surface area (Å²) in [5.41, 5.74) is 0.340. The zero-order chi connectivity index (χ0) is 17.8. The number of hydrogen-bond acceptors (Lipinski definition) is 3. The maximum Gasteiger partial charge on any atom is 0.407 e. The van der Waals surface area contributed by atoms with E-state index in [9.17, 15) is 4.79 Å². The van der Waals surface area contributed by atoms with Crippen LogP contribution in [0.2, 0.25) is 15.1 Å². The van der Waals surface area contributed by atoms with Crippen LogP contribution in [-0.2, 0) is 4.74 Å². The molecule has 0 aromatic heterocycles. The standard InChI is InChI=1S/C16H23Cl3N2O2/c1-9(8-20-15(22)23-16(3,4)5)21-10(2)11-6-7-12(17)14(19)13(11)18/h6-7,9-10,21H,8H2,1-5H3,(H,20,22). The minimum atomic E-state index is -0.512. The Kier molecular flexibility index (Phi) is 7.46. The Labute approximate surface area is 152 Å². The molecule has 1 aromatic rings. The van der Waals surface area contributed by atoms with Gasteiger partial charge in [-0.25, -0.2) is 4.79 Å². The summed E-state index contributed by atoms with van der Waals surface area (Å²) < 4.78 is 5.19. The minimum Gasteiger partial charge on any atom is -0.444 e. The molecule has 0 aliphatic heterocycles. The fourth-order valence-corrected chi connectivity index (χ4v) is 2.71. The van der Waals surface area contributed by atoms with Crippen LogP contribution in [0, 0.1) is 0 Å². The lowest BCUT2D eigenvalue weighted by Gasteiger charge is -2.23. The molecule has 4 nitrogen and oxygen atoms in total. The zero-order valence-electron chi connectivity index (χ0n) is 14.0. The second kappa shape index (κ2) is 8.43. The molecule has 2 atom stereocenters. The second-order valence-electron chi connectivity index (χ2n) is 6.44. The highest BCUT2D eigenvalue weighted by Crippen LogP contribution is 2.35. The van der Waals surface area contributed by atoms with E-state index in [4.69, 9.17) is 39.5 Å². The van der Waals surface area contributed by atoms with Gasteiger partial charge in [-0.3, -0.25) is 0 Å². The van der Waals surface area contributed by atoms with Crippen LogP contribution in [0.15, 0.2) is 12.1 Å². The van der Waals surface area contributed by atoms with E-state index in [0.29, 0.717) is 21.6 Å². The number of ether oxygens (including phenoxy) is 1. The van der Waals surface area contributed by atoms with Gasteiger partial charge in [0.25, 0.3) is 0 Å². The van der Waals surface area contributed by atoms with Gasteiger partial charge < -0.3 is 15.4 Å². The molecule has 0 saturated carbocycles. The predicted octanol–water partition coefficient (Wildman–Crippen LogP) is 5.21. The molecule has 0 bridgehead atoms. The summed E-state index contributed by atoms with van der Waals surface area (Å²) in [7, 11) is 0. The number of halogens is 3. The Balaban J connectivity index is 2.56. The Bertz CT molecular complexity index is 559. The van der Waals surface area contributed by atoms with Crippen LogP contribution < -0.4 is 10.6 Å². The molecule has 0 aliphatic rings. The van der Waals surface area contributed by atoms with Crippen LogP contribution in [-0.4, -0.2) is 24.3 Å². The molecular formula is C16H23Cl3N2O2. The molecule has 0 spiro atoms. The van der Waals surface area contributed by atoms with E-state index < -0.39 is 11.7 Å². The number of rotatable bonds is 5. The third-order valence-corrected chi connectivity index (χ3v) is 4.33. The summed E-state index contributed by atoms with van der Waals surface area (Å²) in [6.45, 7) is 9.82. The Morgan fingerprint density at radius 1 is 1.17 bits per heavy atom. The second-order valence-corrected chi connectivity index (χ2v) is 7.60. The number of benzene rings is 1. The molecule has 130 valence electrons. The molecule has 2 unspecified atom stereocenters. The third kappa shape index (κ3) is 6.76. The highest BCUT2D eigenvalue weighted by Gasteiger charge is 2.18. The van der Waals surface area contributed by atoms with Crippen LogP contribution in [0.4, 0.5) is 4.79 Å². The number of nitrogens with one attached hydrogen (secondary N) is 2. The molecule has 0 saturated heterocycles. The lowest BCUT2D eigenvalue weighted by molar-refractivity contribution is 0.0522. The zero-order valence-corrected chi connectivity index (χ0v) is 16.2. The Morgan fingerprint density at radius 3 is 2.35 bits per heavy atom. The van der Waals surface area contributed by atoms with Crippen molar-refractivity contribution in [1.29, 1.82) is 0 Å². The number of hydrogen-bond donors (Lipinski definition) is 2. The van der Waals surface area contributed by atoms with Crippen molar-refractivity contribution in [3.8, 4) is 0 Å². The van der Waals surface area contributed by atoms with Crippen molar-refractivity contribution < 1.29 is 9.53 Å². The molecule has 0 fully saturated rings. The maximum absolute atomic E-state index is 11.6. The summed E-state index contributed by atoms with van der Waals surface area (Å²) in [6, 6.07) is 3.52. The van der Waals surface area contributed by atoms with E-state index in [1.165, 1.54) is 0 Å². The largest absolute Gasteiger partial charge is 0.444 e. The molecule has 0 aliphatic carbocycles. The number of carbonyl (C=O) groups excluding carboxylic acids is 1. The van der Waals surface area contributed by atoms with Crippen molar-refractivity contribution in [2.45, 2.75) is 52.3 Å². The first-order valence-electron chi connectivity index (χ1n) is 7.37. The fourth-order valence-electron chi connectivity index (χ4n) is 2.00. The first-order chi connectivity index (χ1) is 10.5. The first-order valence-corrected chi connectivity index (χ1v) is 8.51. The first kappa shape index (κ1) is 20.4. The van der Waals surface area contributed by atoms with Gasteiger partial charge in [0.05, 0.1) is 15.1 Å². The van der Waals surface area contributed by atoms with Crippen molar-refractivity contribution in [1.82, 2.24) is 10.6 Å². The van der Waals surface area contributed by atoms with Gasteiger partial charge in [0, 0.05) is 18.6 Å². The normalized spacial score (nSPS) is 14.3. The SMILES string of the molecule is CC(CNC(=O)OC(C)(C)C)NC(C)c1ccc(Cl)c(Cl)c1Cl. The van der Waals surface area contributed by atoms with E-state index >= 15 is 0 Å². The lowest BCUT2D eigenvalue weighted by atomic mass is 10.1. The Morgan fingerprint density at radius 2 is 1.78 bits per heavy atom. The number of carbonyl (C=O) groups is 1. The van der Waals surface area contributed by atoms with Crippen molar-refractivity contribution in [3.63, 3.8) is 0 Å². The number of amides is 1. The maximum atomic E-state index is 11.6. The molecular weight excluding hydrogens is 359 g/mol. The van der Waals surface area contributed by atoms with Gasteiger partial charge >= 0.3 is 6.09 Å². The van der Waals surface area contributed by atoms with Crippen LogP contribution in [0.5, 0.6) is 0 Å². The van der Waals surface area contributed by atoms with Gasteiger partial charge in [0.1, 0.15) is 5.60 Å². The molecule has 1 amide bonds. The van der Waals surface area contributed by atoms with Gasteiger partial charge in [-0.1, -0.05) is 40.9 Å². The fraction of sp³-hybridized carbons (Fsp3) is 0.562. The van der Waals surface area contributed by atoms with E-state index in [2.05, 4.69) is 10.6 Å². The van der Waals surface area contributed by atoms with E-state index in [-0.39, 0.29) is 12.1 Å². The topological polar surface area (TPSA) is 50.4 Å². The van der Waals surface area contributed by atoms with Crippen LogP contribution in [0.3, 0.4) is 0 Å². The van der Waals surface area contributed by atoms with E-state index in [1.54, 1.807) is 6.07 Å². The molecule has 1 aromatic carbocycles. The molecule has 1 rings (SSSR count). The predicted molar refractivity (Wildman–Crippen MR) is 96.7 cm³/mol. The smallest absolute Gasteiger partial charge is 0.407 e. The average Bonchev–Trinajstić information content (AvgIpc) is 2.40. The molecule has 2 N–H and O–H groups in total. The molecule has 0 heterocycles. The summed E-state index contributed by atoms with van der Waals surface area (Å²) in [5, 5.41) is 7.28. The van der Waals surface area contributed by atoms with Crippen LogP contribution in [0.25, 0.3) is 0 Å². The van der Waals surface area contributed by atoms with Crippen molar-refractivity contribution >= 4 is 40.9 Å². The van der Waals surface area contributed by atoms with Gasteiger partial charge in [0.2, 0.25) is 0 Å². The summed E-state index contributed by atoms with van der Waals surface area (Å²) in [6.07, 6.45) is -0.439. The average molecular weight is 382 g/mol. The van der Waals surface area contributed by atoms with Crippen LogP contribution in [0.1, 0.15) is 46.2 Å². The minimum absolute atomic E-state index is 0.0167. The Hall–Kier alpha value is -0.680. The molecule has 7 heteroatoms. The summed E-state index contributed by atoms with van der Waals surface area (Å²) in [5.74, 6) is 0. The quantitative estimate of drug-likeness (QED) is 0.688. The number of alkyl carbamates (subject to hydrolysis) is 1. The van der Waals surface area contributed by atoms with Crippen molar-refractivity contribution in [2.24, 2.45) is 0 Å². The van der Waals surface area contributed by atoms with Crippen LogP contribution >= 0.6 is 34.8 Å². The van der Waals surface area contributed by atoms with E-state index in [0.717, 1.165) is 5.56 Å². The summed E-state index contributed by atoms with van der Waals surface area (Å²) >= 11 is 18.2. The van der Waals surface area contributed by atoms with E-state index in [1.807, 2.05) is 40.7 Å². The van der Waals surface area contributed by atoms with Crippen molar-refractivity contribution in [3.05, 3.63) is 32.8 Å². The van der Waals surface area contributed by atoms with Gasteiger partial charge in [0.15, 0.2) is 0 Å². The molecule has 23 heavy (non-hydrogen) atoms. The van der Waals surface area contributed by atoms with Gasteiger partial charge in [-0.05, 0) is 46.2 Å². The van der Waals surface area contributed by atoms with Gasteiger partial charge in [-0.2, -0.15) is 0 Å². The van der Waals surface area contributed by atoms with Crippen molar-refractivity contribution in [2.75, 3.05) is 6.54 Å². The lowest BCUT2D eigenvalue weighted by Crippen LogP contribution is -2.42. The summed E-state index contributed by atoms with van der Waals surface area (Å²) in [4.78, 5) is 11.6. The highest BCUT2D eigenvalue weighted by molar-refractivity contribution is 6.48.